The van der Waals surface area contributed by atoms with Crippen molar-refractivity contribution in [2.75, 3.05) is 12.8 Å². The number of aromatic amines is 1. The molecule has 0 fully saturated rings. The number of rotatable bonds is 3. The van der Waals surface area contributed by atoms with Crippen LogP contribution in [0.1, 0.15) is 10.4 Å². The maximum Gasteiger partial charge on any atom is 0.341 e. The number of hydrogen-bond acceptors (Lipinski definition) is 4. The first-order chi connectivity index (χ1) is 9.02. The van der Waals surface area contributed by atoms with Gasteiger partial charge in [-0.15, -0.1) is 0 Å². The van der Waals surface area contributed by atoms with Gasteiger partial charge in [0.1, 0.15) is 17.1 Å². The Kier molecular flexibility index (Phi) is 3.24. The predicted molar refractivity (Wildman–Crippen MR) is 70.4 cm³/mol. The van der Waals surface area contributed by atoms with E-state index in [1.165, 1.54) is 13.2 Å². The van der Waals surface area contributed by atoms with E-state index < -0.39 is 11.5 Å². The number of nitrogen functional groups attached to an aromatic ring is 1. The fourth-order valence-corrected chi connectivity index (χ4v) is 1.81. The van der Waals surface area contributed by atoms with Gasteiger partial charge in [0.15, 0.2) is 0 Å². The number of carboxylic acid groups (broad SMARTS) is 1. The van der Waals surface area contributed by atoms with E-state index in [2.05, 4.69) is 4.98 Å². The first kappa shape index (κ1) is 12.7. The number of carbonyl (C=O) groups is 1. The number of carboxylic acids is 1. The van der Waals surface area contributed by atoms with E-state index in [-0.39, 0.29) is 16.9 Å². The van der Waals surface area contributed by atoms with Gasteiger partial charge in [-0.05, 0) is 23.8 Å². The maximum absolute atomic E-state index is 11.7. The molecule has 19 heavy (non-hydrogen) atoms. The van der Waals surface area contributed by atoms with E-state index >= 15 is 0 Å². The molecule has 2 rings (SSSR count). The minimum Gasteiger partial charge on any atom is -0.497 e. The van der Waals surface area contributed by atoms with Crippen LogP contribution in [0.3, 0.4) is 0 Å². The largest absolute Gasteiger partial charge is 0.497 e. The van der Waals surface area contributed by atoms with Crippen LogP contribution in [0, 0.1) is 0 Å². The second kappa shape index (κ2) is 4.85. The number of benzene rings is 1. The van der Waals surface area contributed by atoms with Crippen LogP contribution >= 0.6 is 0 Å². The summed E-state index contributed by atoms with van der Waals surface area (Å²) in [6.07, 6.45) is 0. The molecule has 0 atom stereocenters. The van der Waals surface area contributed by atoms with Gasteiger partial charge in [0.25, 0.3) is 5.56 Å². The van der Waals surface area contributed by atoms with Crippen molar-refractivity contribution in [1.29, 1.82) is 0 Å². The molecule has 0 aliphatic rings. The molecule has 0 aliphatic carbocycles. The van der Waals surface area contributed by atoms with Crippen LogP contribution in [0.4, 0.5) is 5.82 Å². The molecule has 0 saturated heterocycles. The summed E-state index contributed by atoms with van der Waals surface area (Å²) in [6.45, 7) is 0. The summed E-state index contributed by atoms with van der Waals surface area (Å²) in [4.78, 5) is 25.1. The molecule has 6 nitrogen and oxygen atoms in total. The Bertz CT molecular complexity index is 691. The monoisotopic (exact) mass is 260 g/mol. The zero-order chi connectivity index (χ0) is 14.0. The molecule has 1 heterocycles. The zero-order valence-electron chi connectivity index (χ0n) is 10.1. The van der Waals surface area contributed by atoms with Gasteiger partial charge < -0.3 is 20.6 Å². The van der Waals surface area contributed by atoms with Crippen LogP contribution in [-0.4, -0.2) is 23.2 Å². The van der Waals surface area contributed by atoms with E-state index in [1.54, 1.807) is 24.3 Å². The molecule has 0 amide bonds. The average molecular weight is 260 g/mol. The summed E-state index contributed by atoms with van der Waals surface area (Å²) in [7, 11) is 1.50. The molecular formula is C13H12N2O4. The van der Waals surface area contributed by atoms with Crippen LogP contribution in [0.15, 0.2) is 35.1 Å². The molecule has 0 aliphatic heterocycles. The van der Waals surface area contributed by atoms with Gasteiger partial charge in [-0.2, -0.15) is 0 Å². The summed E-state index contributed by atoms with van der Waals surface area (Å²) < 4.78 is 5.07. The lowest BCUT2D eigenvalue weighted by molar-refractivity contribution is 0.0696. The molecule has 0 radical (unpaired) electrons. The van der Waals surface area contributed by atoms with Crippen molar-refractivity contribution >= 4 is 11.8 Å². The number of H-pyrrole nitrogens is 1. The summed E-state index contributed by atoms with van der Waals surface area (Å²) in [5.74, 6) is -0.639. The summed E-state index contributed by atoms with van der Waals surface area (Å²) in [6, 6.07) is 8.17. The first-order valence-electron chi connectivity index (χ1n) is 5.43. The van der Waals surface area contributed by atoms with Crippen molar-refractivity contribution in [1.82, 2.24) is 4.98 Å². The van der Waals surface area contributed by atoms with Crippen LogP contribution in [0.25, 0.3) is 11.1 Å². The Balaban J connectivity index is 2.73. The predicted octanol–water partition coefficient (Wildman–Crippen LogP) is 1.33. The Morgan fingerprint density at radius 2 is 2.11 bits per heavy atom. The highest BCUT2D eigenvalue weighted by Crippen LogP contribution is 2.26. The lowest BCUT2D eigenvalue weighted by Gasteiger charge is -2.08. The van der Waals surface area contributed by atoms with Gasteiger partial charge in [0.05, 0.1) is 7.11 Å². The molecule has 2 aromatic rings. The van der Waals surface area contributed by atoms with Crippen LogP contribution < -0.4 is 16.0 Å². The van der Waals surface area contributed by atoms with Crippen molar-refractivity contribution in [3.05, 3.63) is 46.2 Å². The number of nitrogens with one attached hydrogen (secondary N) is 1. The van der Waals surface area contributed by atoms with E-state index in [0.29, 0.717) is 11.3 Å². The minimum absolute atomic E-state index is 0.104. The molecule has 98 valence electrons. The lowest BCUT2D eigenvalue weighted by Crippen LogP contribution is -2.20. The smallest absolute Gasteiger partial charge is 0.341 e. The van der Waals surface area contributed by atoms with Crippen LogP contribution in [0.5, 0.6) is 5.75 Å². The lowest BCUT2D eigenvalue weighted by atomic mass is 10.0. The van der Waals surface area contributed by atoms with Gasteiger partial charge in [-0.25, -0.2) is 4.79 Å². The Labute approximate surface area is 108 Å². The fraction of sp³-hybridized carbons (Fsp3) is 0.0769. The van der Waals surface area contributed by atoms with Crippen molar-refractivity contribution in [2.45, 2.75) is 0 Å². The number of anilines is 1. The molecule has 0 bridgehead atoms. The van der Waals surface area contributed by atoms with Crippen molar-refractivity contribution in [3.63, 3.8) is 0 Å². The van der Waals surface area contributed by atoms with E-state index in [9.17, 15) is 9.59 Å². The SMILES string of the molecule is COc1cccc(-c2cc(N)[nH]c(=O)c2C(=O)O)c1. The first-order valence-corrected chi connectivity index (χ1v) is 5.43. The molecule has 1 aromatic carbocycles. The summed E-state index contributed by atoms with van der Waals surface area (Å²) in [5.41, 5.74) is 5.29. The number of aromatic nitrogens is 1. The number of aromatic carboxylic acids is 1. The third-order valence-electron chi connectivity index (χ3n) is 2.65. The molecule has 1 aromatic heterocycles. The number of ether oxygens (including phenoxy) is 1. The van der Waals surface area contributed by atoms with Crippen molar-refractivity contribution < 1.29 is 14.6 Å². The second-order valence-electron chi connectivity index (χ2n) is 3.88. The van der Waals surface area contributed by atoms with Crippen molar-refractivity contribution in [3.8, 4) is 16.9 Å². The van der Waals surface area contributed by atoms with Gasteiger partial charge in [0, 0.05) is 5.56 Å². The van der Waals surface area contributed by atoms with Gasteiger partial charge in [-0.3, -0.25) is 4.79 Å². The quantitative estimate of drug-likeness (QED) is 0.772. The molecule has 0 spiro atoms. The highest BCUT2D eigenvalue weighted by molar-refractivity contribution is 5.96. The van der Waals surface area contributed by atoms with E-state index in [4.69, 9.17) is 15.6 Å². The van der Waals surface area contributed by atoms with E-state index in [1.807, 2.05) is 0 Å². The van der Waals surface area contributed by atoms with Crippen LogP contribution in [0.2, 0.25) is 0 Å². The van der Waals surface area contributed by atoms with Gasteiger partial charge in [-0.1, -0.05) is 12.1 Å². The molecular weight excluding hydrogens is 248 g/mol. The Morgan fingerprint density at radius 3 is 2.74 bits per heavy atom. The molecule has 6 heteroatoms. The Hall–Kier alpha value is -2.76. The molecule has 0 saturated carbocycles. The summed E-state index contributed by atoms with van der Waals surface area (Å²) in [5, 5.41) is 9.13. The minimum atomic E-state index is -1.31. The van der Waals surface area contributed by atoms with Crippen LogP contribution in [-0.2, 0) is 0 Å². The number of methoxy groups -OCH3 is 1. The fourth-order valence-electron chi connectivity index (χ4n) is 1.81. The van der Waals surface area contributed by atoms with Crippen molar-refractivity contribution in [2.24, 2.45) is 0 Å². The highest BCUT2D eigenvalue weighted by Gasteiger charge is 2.17. The van der Waals surface area contributed by atoms with E-state index in [0.717, 1.165) is 0 Å². The normalized spacial score (nSPS) is 10.2. The Morgan fingerprint density at radius 1 is 1.37 bits per heavy atom. The topological polar surface area (TPSA) is 105 Å². The average Bonchev–Trinajstić information content (AvgIpc) is 2.37. The third kappa shape index (κ3) is 2.42. The zero-order valence-corrected chi connectivity index (χ0v) is 10.1. The molecule has 0 unspecified atom stereocenters. The standard InChI is InChI=1S/C13H12N2O4/c1-19-8-4-2-3-7(5-8)9-6-10(14)15-12(16)11(9)13(17)18/h2-6H,1H3,(H,17,18)(H3,14,15,16). The second-order valence-corrected chi connectivity index (χ2v) is 3.88. The number of hydrogen-bond donors (Lipinski definition) is 3. The number of pyridine rings is 1. The highest BCUT2D eigenvalue weighted by atomic mass is 16.5. The molecule has 4 N–H and O–H groups in total. The number of nitrogens with two attached hydrogens (primary N) is 1. The van der Waals surface area contributed by atoms with Gasteiger partial charge in [0.2, 0.25) is 0 Å². The third-order valence-corrected chi connectivity index (χ3v) is 2.65. The maximum atomic E-state index is 11.7. The summed E-state index contributed by atoms with van der Waals surface area (Å²) >= 11 is 0. The van der Waals surface area contributed by atoms with Gasteiger partial charge >= 0.3 is 5.97 Å².